The maximum Gasteiger partial charge on any atom is 0.101 e. The SMILES string of the molecule is C=Cc1c(C=C)c(/C=C\C)n(-c2cc(N(C(=C)C)C(=C)/C=C\C)c(C#N)cc2C#N)c1/C=C\C. The van der Waals surface area contributed by atoms with Crippen LogP contribution in [-0.2, 0) is 0 Å². The van der Waals surface area contributed by atoms with Crippen LogP contribution in [0.2, 0.25) is 0 Å². The number of anilines is 1. The first-order valence-corrected chi connectivity index (χ1v) is 10.9. The molecule has 1 aromatic heterocycles. The van der Waals surface area contributed by atoms with Crippen LogP contribution in [-0.4, -0.2) is 4.57 Å². The van der Waals surface area contributed by atoms with Crippen molar-refractivity contribution < 1.29 is 0 Å². The minimum Gasteiger partial charge on any atom is -0.314 e. The third-order valence-electron chi connectivity index (χ3n) is 5.25. The highest BCUT2D eigenvalue weighted by Gasteiger charge is 2.23. The Kier molecular flexibility index (Phi) is 8.59. The highest BCUT2D eigenvalue weighted by molar-refractivity contribution is 5.82. The lowest BCUT2D eigenvalue weighted by atomic mass is 10.0. The first kappa shape index (κ1) is 25.7. The van der Waals surface area contributed by atoms with Crippen molar-refractivity contribution in [2.24, 2.45) is 0 Å². The van der Waals surface area contributed by atoms with Crippen molar-refractivity contribution in [3.8, 4) is 17.8 Å². The molecule has 4 nitrogen and oxygen atoms in total. The van der Waals surface area contributed by atoms with Gasteiger partial charge in [-0.15, -0.1) is 0 Å². The minimum atomic E-state index is 0.356. The highest BCUT2D eigenvalue weighted by atomic mass is 15.2. The van der Waals surface area contributed by atoms with Gasteiger partial charge in [0.1, 0.15) is 12.1 Å². The first-order chi connectivity index (χ1) is 16.3. The Bertz CT molecular complexity index is 1290. The number of nitrogens with zero attached hydrogens (tertiary/aromatic N) is 4. The van der Waals surface area contributed by atoms with E-state index in [1.54, 1.807) is 18.2 Å². The van der Waals surface area contributed by atoms with Crippen LogP contribution in [0.4, 0.5) is 5.69 Å². The number of allylic oxidation sites excluding steroid dienone is 5. The molecule has 1 heterocycles. The van der Waals surface area contributed by atoms with E-state index in [0.29, 0.717) is 33.9 Å². The summed E-state index contributed by atoms with van der Waals surface area (Å²) in [5, 5.41) is 20.0. The fourth-order valence-electron chi connectivity index (χ4n) is 3.98. The average molecular weight is 447 g/mol. The predicted octanol–water partition coefficient (Wildman–Crippen LogP) is 8.00. The van der Waals surface area contributed by atoms with Crippen molar-refractivity contribution in [3.05, 3.63) is 108 Å². The normalized spacial score (nSPS) is 11.0. The van der Waals surface area contributed by atoms with Gasteiger partial charge in [0, 0.05) is 22.5 Å². The molecule has 0 radical (unpaired) electrons. The van der Waals surface area contributed by atoms with Gasteiger partial charge in [0.25, 0.3) is 0 Å². The molecule has 0 N–H and O–H groups in total. The van der Waals surface area contributed by atoms with Gasteiger partial charge in [-0.2, -0.15) is 10.5 Å². The summed E-state index contributed by atoms with van der Waals surface area (Å²) in [7, 11) is 0. The zero-order valence-electron chi connectivity index (χ0n) is 20.4. The minimum absolute atomic E-state index is 0.356. The Hall–Kier alpha value is -4.54. The summed E-state index contributed by atoms with van der Waals surface area (Å²) in [6.07, 6.45) is 15.1. The summed E-state index contributed by atoms with van der Waals surface area (Å²) in [4.78, 5) is 1.82. The molecular weight excluding hydrogens is 416 g/mol. The number of rotatable bonds is 9. The third-order valence-corrected chi connectivity index (χ3v) is 5.25. The Morgan fingerprint density at radius 2 is 1.41 bits per heavy atom. The molecule has 0 aliphatic heterocycles. The number of hydrogen-bond acceptors (Lipinski definition) is 3. The number of nitriles is 2. The molecule has 0 unspecified atom stereocenters. The topological polar surface area (TPSA) is 55.8 Å². The maximum absolute atomic E-state index is 10.1. The van der Waals surface area contributed by atoms with Gasteiger partial charge < -0.3 is 9.47 Å². The monoisotopic (exact) mass is 446 g/mol. The smallest absolute Gasteiger partial charge is 0.101 e. The second-order valence-electron chi connectivity index (χ2n) is 7.51. The summed E-state index contributed by atoms with van der Waals surface area (Å²) in [5.74, 6) is 0. The van der Waals surface area contributed by atoms with E-state index in [-0.39, 0.29) is 0 Å². The second kappa shape index (κ2) is 11.4. The quantitative estimate of drug-likeness (QED) is 0.367. The Labute approximate surface area is 203 Å². The fraction of sp³-hybridized carbons (Fsp3) is 0.133. The molecule has 1 aromatic carbocycles. The van der Waals surface area contributed by atoms with Crippen molar-refractivity contribution in [1.29, 1.82) is 10.5 Å². The average Bonchev–Trinajstić information content (AvgIpc) is 3.11. The zero-order chi connectivity index (χ0) is 25.4. The maximum atomic E-state index is 10.1. The number of benzene rings is 1. The molecule has 4 heteroatoms. The highest BCUT2D eigenvalue weighted by Crippen LogP contribution is 2.37. The summed E-state index contributed by atoms with van der Waals surface area (Å²) < 4.78 is 2.01. The predicted molar refractivity (Wildman–Crippen MR) is 146 cm³/mol. The molecule has 0 aliphatic rings. The molecule has 170 valence electrons. The molecular formula is C30H30N4. The Balaban J connectivity index is 3.15. The first-order valence-electron chi connectivity index (χ1n) is 10.9. The molecule has 0 saturated heterocycles. The summed E-state index contributed by atoms with van der Waals surface area (Å²) in [6, 6.07) is 7.97. The van der Waals surface area contributed by atoms with E-state index in [4.69, 9.17) is 0 Å². The van der Waals surface area contributed by atoms with Crippen LogP contribution in [0, 0.1) is 22.7 Å². The van der Waals surface area contributed by atoms with Crippen LogP contribution in [0.3, 0.4) is 0 Å². The number of hydrogen-bond donors (Lipinski definition) is 0. The van der Waals surface area contributed by atoms with Crippen molar-refractivity contribution in [2.45, 2.75) is 27.7 Å². The van der Waals surface area contributed by atoms with Crippen molar-refractivity contribution in [1.82, 2.24) is 4.57 Å². The lowest BCUT2D eigenvalue weighted by Crippen LogP contribution is -2.20. The zero-order valence-corrected chi connectivity index (χ0v) is 20.4. The van der Waals surface area contributed by atoms with Crippen LogP contribution in [0.5, 0.6) is 0 Å². The van der Waals surface area contributed by atoms with Gasteiger partial charge in [-0.25, -0.2) is 0 Å². The summed E-state index contributed by atoms with van der Waals surface area (Å²) >= 11 is 0. The van der Waals surface area contributed by atoms with Gasteiger partial charge in [-0.1, -0.05) is 56.7 Å². The van der Waals surface area contributed by atoms with Gasteiger partial charge in [0.2, 0.25) is 0 Å². The molecule has 0 fully saturated rings. The van der Waals surface area contributed by atoms with Gasteiger partial charge in [0.05, 0.1) is 33.9 Å². The van der Waals surface area contributed by atoms with Crippen molar-refractivity contribution in [2.75, 3.05) is 4.90 Å². The molecule has 0 amide bonds. The summed E-state index contributed by atoms with van der Waals surface area (Å²) in [6.45, 7) is 23.9. The van der Waals surface area contributed by atoms with Crippen molar-refractivity contribution >= 4 is 30.0 Å². The van der Waals surface area contributed by atoms with Crippen LogP contribution < -0.4 is 4.90 Å². The van der Waals surface area contributed by atoms with Gasteiger partial charge in [0.15, 0.2) is 0 Å². The second-order valence-corrected chi connectivity index (χ2v) is 7.51. The standard InChI is InChI=1S/C30H30N4/c1-9-14-22(8)33(21(6)7)29-18-30(24(20-32)17-23(29)19-31)34-27(15-10-2)25(12-4)26(13-5)28(34)16-11-3/h9-18H,4-6,8H2,1-3,7H3/b14-9-,15-10-,16-11-. The largest absolute Gasteiger partial charge is 0.314 e. The molecule has 0 atom stereocenters. The van der Waals surface area contributed by atoms with Gasteiger partial charge >= 0.3 is 0 Å². The lowest BCUT2D eigenvalue weighted by Gasteiger charge is -2.27. The lowest BCUT2D eigenvalue weighted by molar-refractivity contribution is 1.03. The summed E-state index contributed by atoms with van der Waals surface area (Å²) in [5.41, 5.74) is 6.86. The molecule has 2 aromatic rings. The van der Waals surface area contributed by atoms with E-state index in [0.717, 1.165) is 22.5 Å². The van der Waals surface area contributed by atoms with Crippen LogP contribution >= 0.6 is 0 Å². The van der Waals surface area contributed by atoms with E-state index in [1.807, 2.05) is 79.7 Å². The van der Waals surface area contributed by atoms with Gasteiger partial charge in [-0.05, 0) is 58.1 Å². The van der Waals surface area contributed by atoms with E-state index in [9.17, 15) is 10.5 Å². The van der Waals surface area contributed by atoms with E-state index >= 15 is 0 Å². The van der Waals surface area contributed by atoms with Crippen LogP contribution in [0.25, 0.3) is 30.0 Å². The molecule has 0 saturated carbocycles. The fourth-order valence-corrected chi connectivity index (χ4v) is 3.98. The van der Waals surface area contributed by atoms with Crippen molar-refractivity contribution in [3.63, 3.8) is 0 Å². The van der Waals surface area contributed by atoms with E-state index in [2.05, 4.69) is 38.5 Å². The Morgan fingerprint density at radius 3 is 1.79 bits per heavy atom. The third kappa shape index (κ3) is 4.63. The van der Waals surface area contributed by atoms with E-state index in [1.165, 1.54) is 0 Å². The molecule has 34 heavy (non-hydrogen) atoms. The molecule has 2 rings (SSSR count). The molecule has 0 aliphatic carbocycles. The van der Waals surface area contributed by atoms with Crippen LogP contribution in [0.1, 0.15) is 61.3 Å². The van der Waals surface area contributed by atoms with Crippen LogP contribution in [0.15, 0.2) is 74.1 Å². The molecule has 0 spiro atoms. The van der Waals surface area contributed by atoms with E-state index < -0.39 is 0 Å². The van der Waals surface area contributed by atoms with Gasteiger partial charge in [-0.3, -0.25) is 0 Å². The Morgan fingerprint density at radius 1 is 0.882 bits per heavy atom. The number of aromatic nitrogens is 1. The molecule has 0 bridgehead atoms.